The molecule has 1 aliphatic rings. The third-order valence-corrected chi connectivity index (χ3v) is 2.36. The summed E-state index contributed by atoms with van der Waals surface area (Å²) in [5.41, 5.74) is 5.63. The molecule has 0 saturated carbocycles. The van der Waals surface area contributed by atoms with Crippen LogP contribution in [0, 0.1) is 0 Å². The summed E-state index contributed by atoms with van der Waals surface area (Å²) in [6.45, 7) is 2.90. The predicted octanol–water partition coefficient (Wildman–Crippen LogP) is -0.498. The molecule has 0 aromatic rings. The lowest BCUT2D eigenvalue weighted by molar-refractivity contribution is -0.131. The lowest BCUT2D eigenvalue weighted by Crippen LogP contribution is -2.50. The largest absolute Gasteiger partial charge is 0.343 e. The van der Waals surface area contributed by atoms with Crippen LogP contribution >= 0.6 is 0 Å². The molecule has 0 aliphatic carbocycles. The second-order valence-corrected chi connectivity index (χ2v) is 3.30. The molecule has 4 nitrogen and oxygen atoms in total. The lowest BCUT2D eigenvalue weighted by Gasteiger charge is -2.16. The summed E-state index contributed by atoms with van der Waals surface area (Å²) in [6.07, 6.45) is 1.50. The van der Waals surface area contributed by atoms with E-state index in [4.69, 9.17) is 5.73 Å². The summed E-state index contributed by atoms with van der Waals surface area (Å²) in [4.78, 5) is 13.0. The highest BCUT2D eigenvalue weighted by molar-refractivity contribution is 5.81. The average Bonchev–Trinajstić information content (AvgIpc) is 2.19. The zero-order valence-electron chi connectivity index (χ0n) is 7.71. The van der Waals surface area contributed by atoms with Crippen molar-refractivity contribution < 1.29 is 4.79 Å². The molecule has 0 aromatic carbocycles. The predicted molar refractivity (Wildman–Crippen MR) is 47.4 cm³/mol. The first-order chi connectivity index (χ1) is 5.65. The van der Waals surface area contributed by atoms with Gasteiger partial charge in [0.25, 0.3) is 5.91 Å². The molecule has 3 N–H and O–H groups in total. The minimum Gasteiger partial charge on any atom is -0.343 e. The zero-order valence-corrected chi connectivity index (χ0v) is 7.71. The summed E-state index contributed by atoms with van der Waals surface area (Å²) in [5, 5.41) is 3.10. The highest BCUT2D eigenvalue weighted by Gasteiger charge is 2.24. The van der Waals surface area contributed by atoms with E-state index >= 15 is 0 Å². The normalized spacial score (nSPS) is 31.9. The van der Waals surface area contributed by atoms with Crippen LogP contribution in [0.5, 0.6) is 0 Å². The highest BCUT2D eigenvalue weighted by Crippen LogP contribution is 2.05. The van der Waals surface area contributed by atoms with Gasteiger partial charge in [0.1, 0.15) is 6.17 Å². The summed E-state index contributed by atoms with van der Waals surface area (Å²) in [7, 11) is 1.79. The van der Waals surface area contributed by atoms with Crippen LogP contribution in [0.3, 0.4) is 0 Å². The minimum absolute atomic E-state index is 0.00838. The highest BCUT2D eigenvalue weighted by atomic mass is 16.2. The molecule has 4 heteroatoms. The Bertz CT molecular complexity index is 172. The van der Waals surface area contributed by atoms with Crippen molar-refractivity contribution in [1.82, 2.24) is 10.2 Å². The van der Waals surface area contributed by atoms with Crippen molar-refractivity contribution in [2.45, 2.75) is 32.0 Å². The number of amides is 1. The second kappa shape index (κ2) is 3.87. The van der Waals surface area contributed by atoms with Crippen LogP contribution < -0.4 is 11.1 Å². The van der Waals surface area contributed by atoms with E-state index in [9.17, 15) is 4.79 Å². The van der Waals surface area contributed by atoms with Crippen LogP contribution in [0.15, 0.2) is 0 Å². The molecule has 70 valence electrons. The van der Waals surface area contributed by atoms with Crippen LogP contribution in [0.2, 0.25) is 0 Å². The molecule has 0 aromatic heterocycles. The van der Waals surface area contributed by atoms with E-state index in [0.29, 0.717) is 6.04 Å². The fourth-order valence-corrected chi connectivity index (χ4v) is 1.43. The fourth-order valence-electron chi connectivity index (χ4n) is 1.43. The molecule has 1 aliphatic heterocycles. The van der Waals surface area contributed by atoms with E-state index in [0.717, 1.165) is 19.4 Å². The maximum Gasteiger partial charge on any atom is 0.254 e. The van der Waals surface area contributed by atoms with Crippen molar-refractivity contribution in [1.29, 1.82) is 0 Å². The Morgan fingerprint density at radius 2 is 2.42 bits per heavy atom. The van der Waals surface area contributed by atoms with Crippen LogP contribution in [0.25, 0.3) is 0 Å². The van der Waals surface area contributed by atoms with E-state index in [1.54, 1.807) is 11.9 Å². The van der Waals surface area contributed by atoms with E-state index in [1.165, 1.54) is 0 Å². The molecule has 0 bridgehead atoms. The Labute approximate surface area is 73.1 Å². The van der Waals surface area contributed by atoms with Gasteiger partial charge in [-0.1, -0.05) is 6.92 Å². The quantitative estimate of drug-likeness (QED) is 0.559. The van der Waals surface area contributed by atoms with Crippen molar-refractivity contribution in [2.24, 2.45) is 5.73 Å². The molecule has 1 amide bonds. The van der Waals surface area contributed by atoms with Crippen molar-refractivity contribution in [3.63, 3.8) is 0 Å². The van der Waals surface area contributed by atoms with Gasteiger partial charge < -0.3 is 10.6 Å². The van der Waals surface area contributed by atoms with Crippen molar-refractivity contribution in [2.75, 3.05) is 13.6 Å². The standard InChI is InChI=1S/C8H17N3O/c1-3-6-4-5-11(2)8(12)7(9)10-6/h6-7,10H,3-5,9H2,1-2H3/t6?,7-/m0/s1. The minimum atomic E-state index is -0.512. The van der Waals surface area contributed by atoms with Crippen LogP contribution in [0.1, 0.15) is 19.8 Å². The Hall–Kier alpha value is -0.610. The number of hydrogen-bond acceptors (Lipinski definition) is 3. The van der Waals surface area contributed by atoms with Crippen LogP contribution in [-0.4, -0.2) is 36.6 Å². The molecule has 2 atom stereocenters. The van der Waals surface area contributed by atoms with E-state index in [1.807, 2.05) is 0 Å². The van der Waals surface area contributed by atoms with Crippen LogP contribution in [0.4, 0.5) is 0 Å². The number of hydrogen-bond donors (Lipinski definition) is 2. The fraction of sp³-hybridized carbons (Fsp3) is 0.875. The third-order valence-electron chi connectivity index (χ3n) is 2.36. The number of likely N-dealkylation sites (N-methyl/N-ethyl adjacent to an activating group) is 1. The van der Waals surface area contributed by atoms with Gasteiger partial charge in [-0.25, -0.2) is 0 Å². The van der Waals surface area contributed by atoms with Gasteiger partial charge in [0.15, 0.2) is 0 Å². The molecular weight excluding hydrogens is 154 g/mol. The van der Waals surface area contributed by atoms with E-state index in [-0.39, 0.29) is 5.91 Å². The molecule has 0 radical (unpaired) electrons. The van der Waals surface area contributed by atoms with E-state index < -0.39 is 6.17 Å². The van der Waals surface area contributed by atoms with Gasteiger partial charge in [-0.05, 0) is 12.8 Å². The first kappa shape index (κ1) is 9.48. The lowest BCUT2D eigenvalue weighted by atomic mass is 10.1. The SMILES string of the molecule is CCC1CCN(C)C(=O)[C@@H](N)N1. The Morgan fingerprint density at radius 3 is 3.00 bits per heavy atom. The number of nitrogens with two attached hydrogens (primary N) is 1. The van der Waals surface area contributed by atoms with Gasteiger partial charge in [-0.15, -0.1) is 0 Å². The first-order valence-electron chi connectivity index (χ1n) is 4.41. The third kappa shape index (κ3) is 1.95. The Morgan fingerprint density at radius 1 is 1.75 bits per heavy atom. The van der Waals surface area contributed by atoms with Gasteiger partial charge >= 0.3 is 0 Å². The number of rotatable bonds is 1. The maximum absolute atomic E-state index is 11.3. The molecular formula is C8H17N3O. The average molecular weight is 171 g/mol. The Balaban J connectivity index is 2.59. The van der Waals surface area contributed by atoms with Crippen molar-refractivity contribution in [3.05, 3.63) is 0 Å². The van der Waals surface area contributed by atoms with Gasteiger partial charge in [0.05, 0.1) is 0 Å². The number of nitrogens with zero attached hydrogens (tertiary/aromatic N) is 1. The summed E-state index contributed by atoms with van der Waals surface area (Å²) >= 11 is 0. The monoisotopic (exact) mass is 171 g/mol. The first-order valence-corrected chi connectivity index (χ1v) is 4.41. The molecule has 1 saturated heterocycles. The Kier molecular flexibility index (Phi) is 3.05. The molecule has 1 unspecified atom stereocenters. The van der Waals surface area contributed by atoms with Crippen LogP contribution in [-0.2, 0) is 4.79 Å². The smallest absolute Gasteiger partial charge is 0.254 e. The topological polar surface area (TPSA) is 58.4 Å². The summed E-state index contributed by atoms with van der Waals surface area (Å²) in [5.74, 6) is -0.00838. The van der Waals surface area contributed by atoms with Gasteiger partial charge in [0.2, 0.25) is 0 Å². The van der Waals surface area contributed by atoms with Crippen molar-refractivity contribution in [3.8, 4) is 0 Å². The molecule has 0 spiro atoms. The molecule has 1 fully saturated rings. The molecule has 1 heterocycles. The van der Waals surface area contributed by atoms with Gasteiger partial charge in [-0.3, -0.25) is 10.1 Å². The number of nitrogens with one attached hydrogen (secondary N) is 1. The second-order valence-electron chi connectivity index (χ2n) is 3.30. The molecule has 12 heavy (non-hydrogen) atoms. The summed E-state index contributed by atoms with van der Waals surface area (Å²) in [6, 6.07) is 0.383. The van der Waals surface area contributed by atoms with Gasteiger partial charge in [0, 0.05) is 19.6 Å². The maximum atomic E-state index is 11.3. The number of carbonyl (C=O) groups is 1. The summed E-state index contributed by atoms with van der Waals surface area (Å²) < 4.78 is 0. The van der Waals surface area contributed by atoms with Gasteiger partial charge in [-0.2, -0.15) is 0 Å². The number of carbonyl (C=O) groups excluding carboxylic acids is 1. The molecule has 1 rings (SSSR count). The van der Waals surface area contributed by atoms with Crippen molar-refractivity contribution >= 4 is 5.91 Å². The zero-order chi connectivity index (χ0) is 9.14. The van der Waals surface area contributed by atoms with E-state index in [2.05, 4.69) is 12.2 Å².